The molecular formula is C13H16ClNO4S2. The molecular weight excluding hydrogens is 334 g/mol. The number of sulfone groups is 1. The molecule has 1 heterocycles. The number of hydrogen-bond donors (Lipinski definition) is 1. The molecule has 1 aliphatic heterocycles. The molecule has 1 saturated heterocycles. The zero-order valence-electron chi connectivity index (χ0n) is 11.5. The van der Waals surface area contributed by atoms with Crippen LogP contribution in [0.15, 0.2) is 18.2 Å². The number of nitrogens with zero attached hydrogens (tertiary/aromatic N) is 1. The molecule has 1 N–H and O–H groups in total. The zero-order chi connectivity index (χ0) is 15.6. The number of hydrogen-bond acceptors (Lipinski definition) is 5. The van der Waals surface area contributed by atoms with E-state index in [0.717, 1.165) is 0 Å². The molecule has 2 rings (SSSR count). The van der Waals surface area contributed by atoms with Crippen molar-refractivity contribution in [1.29, 1.82) is 0 Å². The summed E-state index contributed by atoms with van der Waals surface area (Å²) in [5, 5.41) is 9.28. The predicted molar refractivity (Wildman–Crippen MR) is 84.7 cm³/mol. The SMILES string of the molecule is CCS(=O)(=O)C1CSCCN1C(=O)c1cc(Cl)ccc1O. The minimum Gasteiger partial charge on any atom is -0.507 e. The van der Waals surface area contributed by atoms with Gasteiger partial charge in [-0.25, -0.2) is 8.42 Å². The lowest BCUT2D eigenvalue weighted by molar-refractivity contribution is 0.0746. The van der Waals surface area contributed by atoms with Crippen molar-refractivity contribution < 1.29 is 18.3 Å². The first-order valence-electron chi connectivity index (χ1n) is 6.45. The normalized spacial score (nSPS) is 19.5. The number of phenolic OH excluding ortho intramolecular Hbond substituents is 1. The van der Waals surface area contributed by atoms with Gasteiger partial charge in [-0.2, -0.15) is 11.8 Å². The molecule has 0 bridgehead atoms. The molecule has 1 aromatic carbocycles. The molecule has 0 radical (unpaired) electrons. The van der Waals surface area contributed by atoms with Gasteiger partial charge >= 0.3 is 0 Å². The fraction of sp³-hybridized carbons (Fsp3) is 0.462. The van der Waals surface area contributed by atoms with Crippen molar-refractivity contribution in [2.75, 3.05) is 23.8 Å². The third kappa shape index (κ3) is 3.46. The maximum Gasteiger partial charge on any atom is 0.258 e. The lowest BCUT2D eigenvalue weighted by atomic mass is 10.1. The monoisotopic (exact) mass is 349 g/mol. The Kier molecular flexibility index (Phi) is 5.06. The Bertz CT molecular complexity index is 648. The Balaban J connectivity index is 2.37. The number of carbonyl (C=O) groups excluding carboxylic acids is 1. The largest absolute Gasteiger partial charge is 0.507 e. The van der Waals surface area contributed by atoms with Gasteiger partial charge in [-0.05, 0) is 18.2 Å². The van der Waals surface area contributed by atoms with Crippen molar-refractivity contribution in [3.05, 3.63) is 28.8 Å². The molecule has 1 atom stereocenters. The van der Waals surface area contributed by atoms with Crippen LogP contribution in [0.25, 0.3) is 0 Å². The minimum atomic E-state index is -3.38. The van der Waals surface area contributed by atoms with Crippen LogP contribution in [0.3, 0.4) is 0 Å². The van der Waals surface area contributed by atoms with Crippen LogP contribution in [-0.4, -0.2) is 53.5 Å². The van der Waals surface area contributed by atoms with Crippen LogP contribution >= 0.6 is 23.4 Å². The quantitative estimate of drug-likeness (QED) is 0.903. The van der Waals surface area contributed by atoms with E-state index >= 15 is 0 Å². The zero-order valence-corrected chi connectivity index (χ0v) is 13.8. The lowest BCUT2D eigenvalue weighted by Crippen LogP contribution is -2.50. The highest BCUT2D eigenvalue weighted by Gasteiger charge is 2.36. The third-order valence-electron chi connectivity index (χ3n) is 3.35. The van der Waals surface area contributed by atoms with Crippen LogP contribution in [0.4, 0.5) is 0 Å². The van der Waals surface area contributed by atoms with Gasteiger partial charge in [0.25, 0.3) is 5.91 Å². The third-order valence-corrected chi connectivity index (χ3v) is 6.88. The average molecular weight is 350 g/mol. The van der Waals surface area contributed by atoms with Crippen LogP contribution in [0.1, 0.15) is 17.3 Å². The molecule has 1 amide bonds. The lowest BCUT2D eigenvalue weighted by Gasteiger charge is -2.34. The first-order chi connectivity index (χ1) is 9.86. The minimum absolute atomic E-state index is 0.0243. The Hall–Kier alpha value is -0.920. The molecule has 1 aliphatic rings. The van der Waals surface area contributed by atoms with Gasteiger partial charge in [0.1, 0.15) is 11.1 Å². The molecule has 1 fully saturated rings. The highest BCUT2D eigenvalue weighted by molar-refractivity contribution is 8.01. The van der Waals surface area contributed by atoms with Crippen LogP contribution in [-0.2, 0) is 9.84 Å². The Morgan fingerprint density at radius 2 is 2.24 bits per heavy atom. The highest BCUT2D eigenvalue weighted by Crippen LogP contribution is 2.28. The highest BCUT2D eigenvalue weighted by atomic mass is 35.5. The smallest absolute Gasteiger partial charge is 0.258 e. The number of amides is 1. The van der Waals surface area contributed by atoms with Gasteiger partial charge in [0, 0.05) is 28.8 Å². The van der Waals surface area contributed by atoms with E-state index in [9.17, 15) is 18.3 Å². The van der Waals surface area contributed by atoms with Gasteiger partial charge in [0.05, 0.1) is 5.56 Å². The molecule has 1 unspecified atom stereocenters. The van der Waals surface area contributed by atoms with E-state index in [4.69, 9.17) is 11.6 Å². The van der Waals surface area contributed by atoms with Gasteiger partial charge in [-0.15, -0.1) is 0 Å². The second-order valence-corrected chi connectivity index (χ2v) is 8.67. The van der Waals surface area contributed by atoms with Crippen LogP contribution < -0.4 is 0 Å². The summed E-state index contributed by atoms with van der Waals surface area (Å²) >= 11 is 7.36. The van der Waals surface area contributed by atoms with Crippen LogP contribution in [0.5, 0.6) is 5.75 Å². The summed E-state index contributed by atoms with van der Waals surface area (Å²) in [5.74, 6) is 0.294. The molecule has 0 aliphatic carbocycles. The Morgan fingerprint density at radius 3 is 2.90 bits per heavy atom. The maximum absolute atomic E-state index is 12.6. The molecule has 8 heteroatoms. The van der Waals surface area contributed by atoms with E-state index in [2.05, 4.69) is 0 Å². The molecule has 0 saturated carbocycles. The van der Waals surface area contributed by atoms with E-state index in [0.29, 0.717) is 23.1 Å². The Morgan fingerprint density at radius 1 is 1.52 bits per heavy atom. The first kappa shape index (κ1) is 16.5. The van der Waals surface area contributed by atoms with E-state index in [1.807, 2.05) is 0 Å². The number of rotatable bonds is 3. The number of phenols is 1. The molecule has 0 spiro atoms. The van der Waals surface area contributed by atoms with Crippen molar-refractivity contribution in [1.82, 2.24) is 4.90 Å². The van der Waals surface area contributed by atoms with Crippen molar-refractivity contribution in [2.24, 2.45) is 0 Å². The van der Waals surface area contributed by atoms with E-state index in [1.165, 1.54) is 34.9 Å². The predicted octanol–water partition coefficient (Wildman–Crippen LogP) is 2.00. The fourth-order valence-electron chi connectivity index (χ4n) is 2.14. The van der Waals surface area contributed by atoms with E-state index in [-0.39, 0.29) is 17.1 Å². The summed E-state index contributed by atoms with van der Waals surface area (Å²) in [4.78, 5) is 13.9. The maximum atomic E-state index is 12.6. The van der Waals surface area contributed by atoms with E-state index in [1.54, 1.807) is 6.92 Å². The Labute approximate surface area is 133 Å². The van der Waals surface area contributed by atoms with Gasteiger partial charge in [0.15, 0.2) is 9.84 Å². The summed E-state index contributed by atoms with van der Waals surface area (Å²) in [5.41, 5.74) is 0.0331. The number of carbonyl (C=O) groups is 1. The number of halogens is 1. The van der Waals surface area contributed by atoms with Gasteiger partial charge in [0.2, 0.25) is 0 Å². The second-order valence-electron chi connectivity index (χ2n) is 4.64. The van der Waals surface area contributed by atoms with Crippen LogP contribution in [0, 0.1) is 0 Å². The second kappa shape index (κ2) is 6.46. The summed E-state index contributed by atoms with van der Waals surface area (Å²) in [6.07, 6.45) is 0. The van der Waals surface area contributed by atoms with Gasteiger partial charge in [-0.1, -0.05) is 18.5 Å². The fourth-order valence-corrected chi connectivity index (χ4v) is 5.28. The van der Waals surface area contributed by atoms with Crippen molar-refractivity contribution in [3.63, 3.8) is 0 Å². The summed E-state index contributed by atoms with van der Waals surface area (Å²) in [7, 11) is -3.38. The standard InChI is InChI=1S/C13H16ClNO4S2/c1-2-21(18,19)12-8-20-6-5-15(12)13(17)10-7-9(14)3-4-11(10)16/h3-4,7,12,16H,2,5-6,8H2,1H3. The van der Waals surface area contributed by atoms with Crippen molar-refractivity contribution in [2.45, 2.75) is 12.3 Å². The first-order valence-corrected chi connectivity index (χ1v) is 9.70. The molecule has 1 aromatic rings. The van der Waals surface area contributed by atoms with E-state index < -0.39 is 21.1 Å². The summed E-state index contributed by atoms with van der Waals surface area (Å²) < 4.78 is 24.3. The average Bonchev–Trinajstić information content (AvgIpc) is 2.49. The summed E-state index contributed by atoms with van der Waals surface area (Å²) in [6, 6.07) is 4.16. The van der Waals surface area contributed by atoms with Crippen molar-refractivity contribution in [3.8, 4) is 5.75 Å². The van der Waals surface area contributed by atoms with Crippen molar-refractivity contribution >= 4 is 39.1 Å². The summed E-state index contributed by atoms with van der Waals surface area (Å²) in [6.45, 7) is 1.90. The molecule has 21 heavy (non-hydrogen) atoms. The number of benzene rings is 1. The number of thioether (sulfide) groups is 1. The number of aromatic hydroxyl groups is 1. The molecule has 0 aromatic heterocycles. The van der Waals surface area contributed by atoms with Crippen LogP contribution in [0.2, 0.25) is 5.02 Å². The van der Waals surface area contributed by atoms with Gasteiger partial charge < -0.3 is 10.0 Å². The molecule has 5 nitrogen and oxygen atoms in total. The molecule has 116 valence electrons. The topological polar surface area (TPSA) is 74.7 Å². The van der Waals surface area contributed by atoms with Gasteiger partial charge in [-0.3, -0.25) is 4.79 Å².